The summed E-state index contributed by atoms with van der Waals surface area (Å²) in [5, 5.41) is 0. The number of hydrogen-bond donors (Lipinski definition) is 0. The Morgan fingerprint density at radius 1 is 0.733 bits per heavy atom. The van der Waals surface area contributed by atoms with Gasteiger partial charge in [0.25, 0.3) is 0 Å². The molecule has 1 heterocycles. The van der Waals surface area contributed by atoms with Crippen LogP contribution in [-0.4, -0.2) is 24.5 Å². The zero-order valence-electron chi connectivity index (χ0n) is 10.6. The van der Waals surface area contributed by atoms with Gasteiger partial charge in [0.05, 0.1) is 0 Å². The van der Waals surface area contributed by atoms with Crippen molar-refractivity contribution in [3.8, 4) is 0 Å². The Kier molecular flexibility index (Phi) is 7.99. The zero-order chi connectivity index (χ0) is 10.8. The second-order valence-electron chi connectivity index (χ2n) is 5.02. The summed E-state index contributed by atoms with van der Waals surface area (Å²) in [5.41, 5.74) is 0. The van der Waals surface area contributed by atoms with Crippen molar-refractivity contribution in [1.29, 1.82) is 0 Å². The normalized spacial score (nSPS) is 18.2. The molecule has 1 aliphatic rings. The van der Waals surface area contributed by atoms with Gasteiger partial charge in [-0.3, -0.25) is 0 Å². The lowest BCUT2D eigenvalue weighted by molar-refractivity contribution is 0.224. The lowest BCUT2D eigenvalue weighted by Gasteiger charge is -2.26. The molecule has 1 fully saturated rings. The first-order valence-electron chi connectivity index (χ1n) is 7.16. The second-order valence-corrected chi connectivity index (χ2v) is 5.02. The van der Waals surface area contributed by atoms with Crippen molar-refractivity contribution in [2.24, 2.45) is 0 Å². The Hall–Kier alpha value is -0.0400. The maximum absolute atomic E-state index is 2.66. The molecular formula is C14H29N. The topological polar surface area (TPSA) is 3.24 Å². The highest BCUT2D eigenvalue weighted by Gasteiger charge is 2.08. The van der Waals surface area contributed by atoms with E-state index in [1.165, 1.54) is 83.8 Å². The molecule has 0 aromatic carbocycles. The zero-order valence-corrected chi connectivity index (χ0v) is 10.6. The van der Waals surface area contributed by atoms with E-state index < -0.39 is 0 Å². The SMILES string of the molecule is CCCCCCCCCN1CCCCC1. The highest BCUT2D eigenvalue weighted by atomic mass is 15.1. The number of rotatable bonds is 8. The Labute approximate surface area is 96.2 Å². The third-order valence-corrected chi connectivity index (χ3v) is 3.53. The summed E-state index contributed by atoms with van der Waals surface area (Å²) >= 11 is 0. The lowest BCUT2D eigenvalue weighted by atomic mass is 10.1. The molecule has 0 N–H and O–H groups in total. The van der Waals surface area contributed by atoms with Crippen molar-refractivity contribution in [2.75, 3.05) is 19.6 Å². The van der Waals surface area contributed by atoms with Gasteiger partial charge in [-0.2, -0.15) is 0 Å². The van der Waals surface area contributed by atoms with Gasteiger partial charge >= 0.3 is 0 Å². The fraction of sp³-hybridized carbons (Fsp3) is 1.00. The minimum Gasteiger partial charge on any atom is -0.303 e. The third-order valence-electron chi connectivity index (χ3n) is 3.53. The summed E-state index contributed by atoms with van der Waals surface area (Å²) in [5.74, 6) is 0. The predicted molar refractivity (Wildman–Crippen MR) is 68.3 cm³/mol. The van der Waals surface area contributed by atoms with E-state index in [1.807, 2.05) is 0 Å². The molecule has 90 valence electrons. The van der Waals surface area contributed by atoms with Crippen molar-refractivity contribution in [3.63, 3.8) is 0 Å². The van der Waals surface area contributed by atoms with Gasteiger partial charge in [0.15, 0.2) is 0 Å². The number of unbranched alkanes of at least 4 members (excludes halogenated alkanes) is 6. The highest BCUT2D eigenvalue weighted by Crippen LogP contribution is 2.11. The Morgan fingerprint density at radius 3 is 2.00 bits per heavy atom. The maximum Gasteiger partial charge on any atom is -0.00187 e. The molecule has 1 saturated heterocycles. The molecule has 0 bridgehead atoms. The van der Waals surface area contributed by atoms with E-state index in [9.17, 15) is 0 Å². The van der Waals surface area contributed by atoms with Crippen molar-refractivity contribution >= 4 is 0 Å². The molecule has 1 heteroatoms. The van der Waals surface area contributed by atoms with Crippen LogP contribution >= 0.6 is 0 Å². The van der Waals surface area contributed by atoms with Crippen LogP contribution in [-0.2, 0) is 0 Å². The average Bonchev–Trinajstić information content (AvgIpc) is 2.29. The number of nitrogens with zero attached hydrogens (tertiary/aromatic N) is 1. The van der Waals surface area contributed by atoms with E-state index in [2.05, 4.69) is 11.8 Å². The van der Waals surface area contributed by atoms with Gasteiger partial charge in [0.1, 0.15) is 0 Å². The molecule has 0 aliphatic carbocycles. The van der Waals surface area contributed by atoms with Crippen molar-refractivity contribution in [2.45, 2.75) is 71.1 Å². The van der Waals surface area contributed by atoms with Crippen LogP contribution in [0.2, 0.25) is 0 Å². The molecule has 1 nitrogen and oxygen atoms in total. The summed E-state index contributed by atoms with van der Waals surface area (Å²) in [6.45, 7) is 6.40. The maximum atomic E-state index is 2.66. The molecule has 0 atom stereocenters. The predicted octanol–water partition coefficient (Wildman–Crippen LogP) is 4.22. The van der Waals surface area contributed by atoms with Gasteiger partial charge in [-0.15, -0.1) is 0 Å². The van der Waals surface area contributed by atoms with Crippen LogP contribution in [0.5, 0.6) is 0 Å². The molecule has 0 saturated carbocycles. The summed E-state index contributed by atoms with van der Waals surface area (Å²) in [4.78, 5) is 2.66. The van der Waals surface area contributed by atoms with Gasteiger partial charge in [-0.1, -0.05) is 51.9 Å². The molecule has 0 aromatic rings. The molecule has 0 aromatic heterocycles. The van der Waals surface area contributed by atoms with E-state index in [0.29, 0.717) is 0 Å². The first-order chi connectivity index (χ1) is 7.43. The fourth-order valence-electron chi connectivity index (χ4n) is 2.48. The minimum atomic E-state index is 1.37. The lowest BCUT2D eigenvalue weighted by Crippen LogP contribution is -2.30. The monoisotopic (exact) mass is 211 g/mol. The number of piperidine rings is 1. The smallest absolute Gasteiger partial charge is 0.00187 e. The molecule has 0 radical (unpaired) electrons. The second kappa shape index (κ2) is 9.21. The van der Waals surface area contributed by atoms with Gasteiger partial charge in [0, 0.05) is 0 Å². The standard InChI is InChI=1S/C14H29N/c1-2-3-4-5-6-7-9-12-15-13-10-8-11-14-15/h2-14H2,1H3. The van der Waals surface area contributed by atoms with Gasteiger partial charge in [0.2, 0.25) is 0 Å². The van der Waals surface area contributed by atoms with E-state index in [4.69, 9.17) is 0 Å². The van der Waals surface area contributed by atoms with Gasteiger partial charge < -0.3 is 4.90 Å². The van der Waals surface area contributed by atoms with Crippen molar-refractivity contribution in [1.82, 2.24) is 4.90 Å². The number of hydrogen-bond acceptors (Lipinski definition) is 1. The summed E-state index contributed by atoms with van der Waals surface area (Å²) in [7, 11) is 0. The molecule has 1 rings (SSSR count). The first kappa shape index (κ1) is 13.0. The van der Waals surface area contributed by atoms with Crippen LogP contribution in [0.25, 0.3) is 0 Å². The quantitative estimate of drug-likeness (QED) is 0.543. The third kappa shape index (κ3) is 6.94. The number of likely N-dealkylation sites (tertiary alicyclic amines) is 1. The van der Waals surface area contributed by atoms with E-state index in [0.717, 1.165) is 0 Å². The summed E-state index contributed by atoms with van der Waals surface area (Å²) < 4.78 is 0. The van der Waals surface area contributed by atoms with Crippen LogP contribution in [0.4, 0.5) is 0 Å². The van der Waals surface area contributed by atoms with Crippen LogP contribution in [0.15, 0.2) is 0 Å². The molecule has 0 unspecified atom stereocenters. The van der Waals surface area contributed by atoms with Crippen LogP contribution < -0.4 is 0 Å². The summed E-state index contributed by atoms with van der Waals surface area (Å²) in [6.07, 6.45) is 14.4. The van der Waals surface area contributed by atoms with Gasteiger partial charge in [-0.05, 0) is 38.9 Å². The van der Waals surface area contributed by atoms with Gasteiger partial charge in [-0.25, -0.2) is 0 Å². The molecule has 15 heavy (non-hydrogen) atoms. The first-order valence-corrected chi connectivity index (χ1v) is 7.16. The largest absolute Gasteiger partial charge is 0.303 e. The van der Waals surface area contributed by atoms with Crippen LogP contribution in [0, 0.1) is 0 Å². The van der Waals surface area contributed by atoms with Crippen LogP contribution in [0.1, 0.15) is 71.1 Å². The Balaban J connectivity index is 1.79. The Morgan fingerprint density at radius 2 is 1.33 bits per heavy atom. The van der Waals surface area contributed by atoms with E-state index >= 15 is 0 Å². The average molecular weight is 211 g/mol. The van der Waals surface area contributed by atoms with Crippen molar-refractivity contribution < 1.29 is 0 Å². The minimum absolute atomic E-state index is 1.37. The van der Waals surface area contributed by atoms with Crippen molar-refractivity contribution in [3.05, 3.63) is 0 Å². The van der Waals surface area contributed by atoms with Crippen LogP contribution in [0.3, 0.4) is 0 Å². The molecular weight excluding hydrogens is 182 g/mol. The Bertz CT molecular complexity index is 127. The molecule has 1 aliphatic heterocycles. The van der Waals surface area contributed by atoms with E-state index in [-0.39, 0.29) is 0 Å². The highest BCUT2D eigenvalue weighted by molar-refractivity contribution is 4.64. The fourth-order valence-corrected chi connectivity index (χ4v) is 2.48. The molecule has 0 amide bonds. The molecule has 0 spiro atoms. The van der Waals surface area contributed by atoms with E-state index in [1.54, 1.807) is 0 Å². The summed E-state index contributed by atoms with van der Waals surface area (Å²) in [6, 6.07) is 0.